The van der Waals surface area contributed by atoms with Crippen molar-refractivity contribution >= 4 is 17.8 Å². The van der Waals surface area contributed by atoms with E-state index < -0.39 is 24.2 Å². The predicted octanol–water partition coefficient (Wildman–Crippen LogP) is 0.331. The molecule has 3 atom stereocenters. The molecule has 3 rings (SSSR count). The number of rotatable bonds is 2. The third-order valence-electron chi connectivity index (χ3n) is 3.86. The van der Waals surface area contributed by atoms with E-state index in [-0.39, 0.29) is 18.4 Å². The number of carbonyl (C=O) groups excluding carboxylic acids is 3. The Balaban J connectivity index is 1.68. The Morgan fingerprint density at radius 3 is 2.71 bits per heavy atom. The van der Waals surface area contributed by atoms with E-state index in [1.165, 1.54) is 4.90 Å². The molecule has 0 aromatic heterocycles. The van der Waals surface area contributed by atoms with Crippen LogP contribution in [0.3, 0.4) is 0 Å². The fraction of sp³-hybridized carbons (Fsp3) is 0.400. The van der Waals surface area contributed by atoms with Gasteiger partial charge in [-0.2, -0.15) is 0 Å². The summed E-state index contributed by atoms with van der Waals surface area (Å²) >= 11 is 0. The molecule has 2 aliphatic heterocycles. The van der Waals surface area contributed by atoms with E-state index in [1.54, 1.807) is 31.2 Å². The summed E-state index contributed by atoms with van der Waals surface area (Å²) in [5, 5.41) is 2.64. The molecule has 0 aliphatic carbocycles. The van der Waals surface area contributed by atoms with E-state index in [2.05, 4.69) is 5.32 Å². The number of esters is 1. The number of fused-ring (bicyclic) bond motifs is 1. The molecule has 1 aromatic rings. The summed E-state index contributed by atoms with van der Waals surface area (Å²) in [5.41, 5.74) is 0.464. The van der Waals surface area contributed by atoms with Gasteiger partial charge in [-0.3, -0.25) is 9.59 Å². The Bertz CT molecular complexity index is 587. The Morgan fingerprint density at radius 2 is 2.00 bits per heavy atom. The van der Waals surface area contributed by atoms with Crippen molar-refractivity contribution in [1.29, 1.82) is 0 Å². The van der Waals surface area contributed by atoms with Crippen LogP contribution < -0.4 is 5.32 Å². The van der Waals surface area contributed by atoms with E-state index in [4.69, 9.17) is 4.74 Å². The van der Waals surface area contributed by atoms with Crippen molar-refractivity contribution in [2.45, 2.75) is 31.5 Å². The Labute approximate surface area is 122 Å². The first-order chi connectivity index (χ1) is 10.1. The summed E-state index contributed by atoms with van der Waals surface area (Å²) in [6, 6.07) is 7.63. The van der Waals surface area contributed by atoms with E-state index in [9.17, 15) is 14.4 Å². The van der Waals surface area contributed by atoms with Crippen LogP contribution in [0.25, 0.3) is 0 Å². The summed E-state index contributed by atoms with van der Waals surface area (Å²) in [5.74, 6) is -0.737. The maximum Gasteiger partial charge on any atom is 0.338 e. The highest BCUT2D eigenvalue weighted by Crippen LogP contribution is 2.25. The standard InChI is InChI=1S/C15H16N2O4/c1-9-14(19)17-8-11(7-12(17)13(18)16-9)21-15(20)10-5-3-2-4-6-10/h2-6,9,11-12H,7-8H2,1H3,(H,16,18)/t9-,11+,12-/m0/s1. The molecular weight excluding hydrogens is 272 g/mol. The Hall–Kier alpha value is -2.37. The SMILES string of the molecule is C[C@@H]1NC(=O)[C@@H]2C[C@@H](OC(=O)c3ccccc3)CN2C1=O. The average molecular weight is 288 g/mol. The summed E-state index contributed by atoms with van der Waals surface area (Å²) in [7, 11) is 0. The molecule has 2 aliphatic rings. The highest BCUT2D eigenvalue weighted by molar-refractivity contribution is 5.97. The molecule has 6 nitrogen and oxygen atoms in total. The second-order valence-electron chi connectivity index (χ2n) is 5.37. The number of nitrogens with zero attached hydrogens (tertiary/aromatic N) is 1. The van der Waals surface area contributed by atoms with Crippen molar-refractivity contribution in [2.24, 2.45) is 0 Å². The van der Waals surface area contributed by atoms with Gasteiger partial charge in [0.1, 0.15) is 18.2 Å². The number of carbonyl (C=O) groups is 3. The van der Waals surface area contributed by atoms with Crippen molar-refractivity contribution in [3.05, 3.63) is 35.9 Å². The zero-order valence-corrected chi connectivity index (χ0v) is 11.6. The first kappa shape index (κ1) is 13.6. The van der Waals surface area contributed by atoms with Gasteiger partial charge in [0.25, 0.3) is 0 Å². The van der Waals surface area contributed by atoms with Gasteiger partial charge in [0, 0.05) is 6.42 Å². The highest BCUT2D eigenvalue weighted by atomic mass is 16.5. The fourth-order valence-electron chi connectivity index (χ4n) is 2.79. The molecule has 2 heterocycles. The van der Waals surface area contributed by atoms with Crippen LogP contribution in [0.5, 0.6) is 0 Å². The van der Waals surface area contributed by atoms with Gasteiger partial charge in [-0.15, -0.1) is 0 Å². The number of nitrogens with one attached hydrogen (secondary N) is 1. The molecule has 0 saturated carbocycles. The number of ether oxygens (including phenoxy) is 1. The lowest BCUT2D eigenvalue weighted by molar-refractivity contribution is -0.146. The molecule has 2 amide bonds. The molecule has 2 saturated heterocycles. The van der Waals surface area contributed by atoms with E-state index >= 15 is 0 Å². The molecule has 6 heteroatoms. The van der Waals surface area contributed by atoms with Crippen LogP contribution in [0.15, 0.2) is 30.3 Å². The number of hydrogen-bond acceptors (Lipinski definition) is 4. The highest BCUT2D eigenvalue weighted by Gasteiger charge is 2.46. The van der Waals surface area contributed by atoms with Gasteiger partial charge < -0.3 is 15.0 Å². The van der Waals surface area contributed by atoms with Gasteiger partial charge >= 0.3 is 5.97 Å². The Morgan fingerprint density at radius 1 is 1.29 bits per heavy atom. The van der Waals surface area contributed by atoms with Gasteiger partial charge in [-0.1, -0.05) is 18.2 Å². The van der Waals surface area contributed by atoms with Gasteiger partial charge in [-0.25, -0.2) is 4.79 Å². The molecule has 110 valence electrons. The van der Waals surface area contributed by atoms with Gasteiger partial charge in [0.05, 0.1) is 12.1 Å². The monoisotopic (exact) mass is 288 g/mol. The van der Waals surface area contributed by atoms with Crippen LogP contribution in [0, 0.1) is 0 Å². The van der Waals surface area contributed by atoms with Crippen molar-refractivity contribution in [2.75, 3.05) is 6.54 Å². The molecule has 1 N–H and O–H groups in total. The first-order valence-electron chi connectivity index (χ1n) is 6.93. The maximum atomic E-state index is 12.0. The normalized spacial score (nSPS) is 28.0. The minimum atomic E-state index is -0.526. The van der Waals surface area contributed by atoms with Crippen LogP contribution in [-0.4, -0.2) is 47.4 Å². The lowest BCUT2D eigenvalue weighted by Gasteiger charge is -2.32. The zero-order valence-electron chi connectivity index (χ0n) is 11.6. The topological polar surface area (TPSA) is 75.7 Å². The number of amides is 2. The van der Waals surface area contributed by atoms with Crippen molar-refractivity contribution in [3.8, 4) is 0 Å². The van der Waals surface area contributed by atoms with Crippen molar-refractivity contribution in [1.82, 2.24) is 10.2 Å². The summed E-state index contributed by atoms with van der Waals surface area (Å²) < 4.78 is 5.41. The largest absolute Gasteiger partial charge is 0.457 e. The molecular formula is C15H16N2O4. The van der Waals surface area contributed by atoms with Crippen LogP contribution in [0.2, 0.25) is 0 Å². The van der Waals surface area contributed by atoms with Crippen LogP contribution in [0.1, 0.15) is 23.7 Å². The van der Waals surface area contributed by atoms with Gasteiger partial charge in [0.2, 0.25) is 11.8 Å². The third-order valence-corrected chi connectivity index (χ3v) is 3.86. The number of benzene rings is 1. The van der Waals surface area contributed by atoms with Gasteiger partial charge in [0.15, 0.2) is 0 Å². The lowest BCUT2D eigenvalue weighted by Crippen LogP contribution is -2.60. The van der Waals surface area contributed by atoms with Crippen molar-refractivity contribution < 1.29 is 19.1 Å². The Kier molecular flexibility index (Phi) is 3.37. The first-order valence-corrected chi connectivity index (χ1v) is 6.93. The van der Waals surface area contributed by atoms with E-state index in [0.29, 0.717) is 12.0 Å². The van der Waals surface area contributed by atoms with Gasteiger partial charge in [-0.05, 0) is 19.1 Å². The smallest absolute Gasteiger partial charge is 0.338 e. The summed E-state index contributed by atoms with van der Waals surface area (Å²) in [6.45, 7) is 1.93. The number of hydrogen-bond donors (Lipinski definition) is 1. The molecule has 2 fully saturated rings. The second-order valence-corrected chi connectivity index (χ2v) is 5.37. The maximum absolute atomic E-state index is 12.0. The van der Waals surface area contributed by atoms with Crippen molar-refractivity contribution in [3.63, 3.8) is 0 Å². The second kappa shape index (κ2) is 5.20. The lowest BCUT2D eigenvalue weighted by atomic mass is 10.1. The third kappa shape index (κ3) is 2.49. The molecule has 0 spiro atoms. The summed E-state index contributed by atoms with van der Waals surface area (Å²) in [4.78, 5) is 37.4. The van der Waals surface area contributed by atoms with E-state index in [1.807, 2.05) is 6.07 Å². The molecule has 0 radical (unpaired) electrons. The van der Waals surface area contributed by atoms with Crippen LogP contribution in [-0.2, 0) is 14.3 Å². The minimum absolute atomic E-state index is 0.127. The van der Waals surface area contributed by atoms with Crippen LogP contribution >= 0.6 is 0 Å². The molecule has 0 bridgehead atoms. The number of piperazine rings is 1. The minimum Gasteiger partial charge on any atom is -0.457 e. The summed E-state index contributed by atoms with van der Waals surface area (Å²) in [6.07, 6.45) is -0.0919. The molecule has 21 heavy (non-hydrogen) atoms. The molecule has 1 aromatic carbocycles. The zero-order chi connectivity index (χ0) is 15.0. The van der Waals surface area contributed by atoms with Crippen LogP contribution in [0.4, 0.5) is 0 Å². The quantitative estimate of drug-likeness (QED) is 0.796. The molecule has 0 unspecified atom stereocenters. The average Bonchev–Trinajstić information content (AvgIpc) is 2.90. The fourth-order valence-corrected chi connectivity index (χ4v) is 2.79. The predicted molar refractivity (Wildman–Crippen MR) is 73.4 cm³/mol. The van der Waals surface area contributed by atoms with E-state index in [0.717, 1.165) is 0 Å².